The largest absolute Gasteiger partial charge is 0.445 e. The summed E-state index contributed by atoms with van der Waals surface area (Å²) in [4.78, 5) is 30.1. The maximum absolute atomic E-state index is 12.1. The molecule has 0 bridgehead atoms. The first-order valence-electron chi connectivity index (χ1n) is 9.96. The number of ether oxygens (including phenoxy) is 2. The number of rotatable bonds is 4. The summed E-state index contributed by atoms with van der Waals surface area (Å²) in [6.45, 7) is 11.4. The van der Waals surface area contributed by atoms with Gasteiger partial charge < -0.3 is 19.3 Å². The molecule has 2 heterocycles. The second kappa shape index (κ2) is 8.82. The zero-order chi connectivity index (χ0) is 20.1. The Labute approximate surface area is 167 Å². The summed E-state index contributed by atoms with van der Waals surface area (Å²) in [5.74, 6) is 0.470. The van der Waals surface area contributed by atoms with Gasteiger partial charge in [-0.05, 0) is 26.3 Å². The van der Waals surface area contributed by atoms with Crippen molar-refractivity contribution < 1.29 is 19.1 Å². The Kier molecular flexibility index (Phi) is 6.44. The first kappa shape index (κ1) is 20.5. The van der Waals surface area contributed by atoms with Crippen LogP contribution in [-0.2, 0) is 16.1 Å². The maximum Gasteiger partial charge on any atom is 0.410 e. The molecule has 0 radical (unpaired) electrons. The molecule has 1 aromatic carbocycles. The number of benzene rings is 1. The minimum absolute atomic E-state index is 0.233. The molecule has 7 heteroatoms. The van der Waals surface area contributed by atoms with Gasteiger partial charge >= 0.3 is 12.2 Å². The molecule has 2 saturated heterocycles. The number of hydrogen-bond acceptors (Lipinski definition) is 5. The minimum atomic E-state index is -0.460. The third kappa shape index (κ3) is 5.86. The van der Waals surface area contributed by atoms with Crippen molar-refractivity contribution in [2.24, 2.45) is 5.92 Å². The number of likely N-dealkylation sites (tertiary alicyclic amines) is 1. The zero-order valence-corrected chi connectivity index (χ0v) is 17.1. The van der Waals surface area contributed by atoms with E-state index < -0.39 is 5.60 Å². The van der Waals surface area contributed by atoms with Crippen molar-refractivity contribution in [3.8, 4) is 0 Å². The molecule has 1 aromatic rings. The summed E-state index contributed by atoms with van der Waals surface area (Å²) in [7, 11) is 0. The molecule has 0 saturated carbocycles. The summed E-state index contributed by atoms with van der Waals surface area (Å²) < 4.78 is 10.8. The lowest BCUT2D eigenvalue weighted by molar-refractivity contribution is 0.00561. The van der Waals surface area contributed by atoms with Crippen molar-refractivity contribution in [1.82, 2.24) is 14.7 Å². The van der Waals surface area contributed by atoms with Crippen LogP contribution in [0.15, 0.2) is 30.3 Å². The molecule has 2 aliphatic heterocycles. The molecule has 0 aliphatic carbocycles. The second-order valence-corrected chi connectivity index (χ2v) is 8.58. The molecule has 0 unspecified atom stereocenters. The van der Waals surface area contributed by atoms with Gasteiger partial charge in [0.25, 0.3) is 0 Å². The topological polar surface area (TPSA) is 62.3 Å². The lowest BCUT2D eigenvalue weighted by atomic mass is 10.00. The summed E-state index contributed by atoms with van der Waals surface area (Å²) in [6, 6.07) is 9.71. The monoisotopic (exact) mass is 389 g/mol. The van der Waals surface area contributed by atoms with Gasteiger partial charge in [0.15, 0.2) is 0 Å². The molecule has 0 N–H and O–H groups in total. The van der Waals surface area contributed by atoms with E-state index in [2.05, 4.69) is 4.90 Å². The molecule has 28 heavy (non-hydrogen) atoms. The Hall–Kier alpha value is -2.28. The molecular weight excluding hydrogens is 358 g/mol. The second-order valence-electron chi connectivity index (χ2n) is 8.58. The summed E-state index contributed by atoms with van der Waals surface area (Å²) in [6.07, 6.45) is -0.474. The summed E-state index contributed by atoms with van der Waals surface area (Å²) in [5.41, 5.74) is 0.536. The fourth-order valence-electron chi connectivity index (χ4n) is 3.45. The first-order valence-corrected chi connectivity index (χ1v) is 9.96. The van der Waals surface area contributed by atoms with Crippen LogP contribution < -0.4 is 0 Å². The fourth-order valence-corrected chi connectivity index (χ4v) is 3.45. The van der Waals surface area contributed by atoms with Crippen LogP contribution in [0.1, 0.15) is 26.3 Å². The molecule has 154 valence electrons. The third-order valence-corrected chi connectivity index (χ3v) is 4.96. The SMILES string of the molecule is CC(C)(C)OC(=O)N1CCN(CC2CN(C(=O)OCc3ccccc3)C2)CC1. The molecule has 2 amide bonds. The van der Waals surface area contributed by atoms with Gasteiger partial charge in [-0.1, -0.05) is 30.3 Å². The number of hydrogen-bond donors (Lipinski definition) is 0. The average molecular weight is 389 g/mol. The van der Waals surface area contributed by atoms with Gasteiger partial charge in [0.1, 0.15) is 12.2 Å². The normalized spacial score (nSPS) is 18.5. The van der Waals surface area contributed by atoms with Crippen LogP contribution in [0.2, 0.25) is 0 Å². The maximum atomic E-state index is 12.1. The van der Waals surface area contributed by atoms with Crippen LogP contribution in [0.4, 0.5) is 9.59 Å². The third-order valence-electron chi connectivity index (χ3n) is 4.96. The van der Waals surface area contributed by atoms with Crippen molar-refractivity contribution in [3.05, 3.63) is 35.9 Å². The number of nitrogens with zero attached hydrogens (tertiary/aromatic N) is 3. The van der Waals surface area contributed by atoms with Crippen molar-refractivity contribution in [2.45, 2.75) is 33.0 Å². The van der Waals surface area contributed by atoms with Gasteiger partial charge in [-0.15, -0.1) is 0 Å². The van der Waals surface area contributed by atoms with Crippen LogP contribution in [0.3, 0.4) is 0 Å². The Balaban J connectivity index is 1.31. The van der Waals surface area contributed by atoms with Crippen LogP contribution in [0.25, 0.3) is 0 Å². The fraction of sp³-hybridized carbons (Fsp3) is 0.619. The van der Waals surface area contributed by atoms with Gasteiger partial charge in [0.2, 0.25) is 0 Å². The minimum Gasteiger partial charge on any atom is -0.445 e. The summed E-state index contributed by atoms with van der Waals surface area (Å²) in [5, 5.41) is 0. The quantitative estimate of drug-likeness (QED) is 0.792. The van der Waals surface area contributed by atoms with Crippen molar-refractivity contribution in [3.63, 3.8) is 0 Å². The van der Waals surface area contributed by atoms with E-state index in [-0.39, 0.29) is 12.2 Å². The number of amides is 2. The van der Waals surface area contributed by atoms with Gasteiger partial charge in [0.05, 0.1) is 0 Å². The van der Waals surface area contributed by atoms with E-state index in [0.717, 1.165) is 38.3 Å². The standard InChI is InChI=1S/C21H31N3O4/c1-21(2,3)28-20(26)23-11-9-22(10-12-23)13-18-14-24(15-18)19(25)27-16-17-7-5-4-6-8-17/h4-8,18H,9-16H2,1-3H3. The lowest BCUT2D eigenvalue weighted by Crippen LogP contribution is -2.57. The molecule has 0 aromatic heterocycles. The number of piperazine rings is 1. The van der Waals surface area contributed by atoms with Gasteiger partial charge in [0, 0.05) is 51.7 Å². The smallest absolute Gasteiger partial charge is 0.410 e. The van der Waals surface area contributed by atoms with E-state index in [1.807, 2.05) is 51.1 Å². The molecule has 7 nitrogen and oxygen atoms in total. The van der Waals surface area contributed by atoms with Crippen LogP contribution in [0, 0.1) is 5.92 Å². The van der Waals surface area contributed by atoms with Gasteiger partial charge in [-0.25, -0.2) is 9.59 Å². The molecule has 2 fully saturated rings. The molecule has 2 aliphatic rings. The van der Waals surface area contributed by atoms with Gasteiger partial charge in [-0.2, -0.15) is 0 Å². The average Bonchev–Trinajstić information content (AvgIpc) is 2.62. The van der Waals surface area contributed by atoms with Crippen molar-refractivity contribution >= 4 is 12.2 Å². The Morgan fingerprint density at radius 3 is 2.21 bits per heavy atom. The molecular formula is C21H31N3O4. The lowest BCUT2D eigenvalue weighted by Gasteiger charge is -2.43. The Morgan fingerprint density at radius 2 is 1.61 bits per heavy atom. The van der Waals surface area contributed by atoms with Crippen LogP contribution in [-0.4, -0.2) is 78.3 Å². The van der Waals surface area contributed by atoms with Crippen molar-refractivity contribution in [1.29, 1.82) is 0 Å². The van der Waals surface area contributed by atoms with E-state index >= 15 is 0 Å². The van der Waals surface area contributed by atoms with Crippen LogP contribution in [0.5, 0.6) is 0 Å². The molecule has 0 atom stereocenters. The predicted molar refractivity (Wildman–Crippen MR) is 106 cm³/mol. The van der Waals surface area contributed by atoms with E-state index in [1.165, 1.54) is 0 Å². The highest BCUT2D eigenvalue weighted by Gasteiger charge is 2.34. The number of carbonyl (C=O) groups excluding carboxylic acids is 2. The molecule has 3 rings (SSSR count). The molecule has 0 spiro atoms. The highest BCUT2D eigenvalue weighted by atomic mass is 16.6. The Bertz CT molecular complexity index is 660. The number of carbonyl (C=O) groups is 2. The summed E-state index contributed by atoms with van der Waals surface area (Å²) >= 11 is 0. The van der Waals surface area contributed by atoms with Crippen LogP contribution >= 0.6 is 0 Å². The highest BCUT2D eigenvalue weighted by molar-refractivity contribution is 5.69. The predicted octanol–water partition coefficient (Wildman–Crippen LogP) is 2.81. The van der Waals surface area contributed by atoms with Gasteiger partial charge in [-0.3, -0.25) is 4.90 Å². The van der Waals surface area contributed by atoms with E-state index in [1.54, 1.807) is 9.80 Å². The van der Waals surface area contributed by atoms with E-state index in [0.29, 0.717) is 25.6 Å². The highest BCUT2D eigenvalue weighted by Crippen LogP contribution is 2.20. The van der Waals surface area contributed by atoms with E-state index in [4.69, 9.17) is 9.47 Å². The van der Waals surface area contributed by atoms with E-state index in [9.17, 15) is 9.59 Å². The first-order chi connectivity index (χ1) is 13.3. The zero-order valence-electron chi connectivity index (χ0n) is 17.1. The van der Waals surface area contributed by atoms with Crippen molar-refractivity contribution in [2.75, 3.05) is 45.8 Å². The Morgan fingerprint density at radius 1 is 0.964 bits per heavy atom.